The van der Waals surface area contributed by atoms with Crippen LogP contribution in [-0.2, 0) is 14.8 Å². The molecule has 0 aliphatic carbocycles. The van der Waals surface area contributed by atoms with E-state index in [0.717, 1.165) is 11.1 Å². The number of carbonyl (C=O) groups is 1. The lowest BCUT2D eigenvalue weighted by Gasteiger charge is -2.34. The average molecular weight is 403 g/mol. The molecule has 150 valence electrons. The van der Waals surface area contributed by atoms with Crippen LogP contribution in [0.2, 0.25) is 0 Å². The van der Waals surface area contributed by atoms with Gasteiger partial charge in [-0.3, -0.25) is 4.79 Å². The van der Waals surface area contributed by atoms with Crippen LogP contribution >= 0.6 is 0 Å². The first-order valence-electron chi connectivity index (χ1n) is 9.32. The van der Waals surface area contributed by atoms with Gasteiger partial charge in [0.05, 0.1) is 4.90 Å². The summed E-state index contributed by atoms with van der Waals surface area (Å²) in [6.45, 7) is 7.18. The van der Waals surface area contributed by atoms with Crippen LogP contribution in [-0.4, -0.2) is 56.3 Å². The highest BCUT2D eigenvalue weighted by molar-refractivity contribution is 7.89. The zero-order valence-electron chi connectivity index (χ0n) is 16.5. The SMILES string of the molecule is Cc1ccc(S(=O)(=O)N2CCN(C(=O)COc3ccc(C)c(C)c3)CC2)cc1. The average Bonchev–Trinajstić information content (AvgIpc) is 2.69. The maximum atomic E-state index is 12.7. The first kappa shape index (κ1) is 20.4. The van der Waals surface area contributed by atoms with Crippen LogP contribution in [0.1, 0.15) is 16.7 Å². The van der Waals surface area contributed by atoms with Gasteiger partial charge in [-0.15, -0.1) is 0 Å². The molecule has 2 aromatic carbocycles. The number of amides is 1. The molecule has 1 amide bonds. The lowest BCUT2D eigenvalue weighted by atomic mass is 10.1. The van der Waals surface area contributed by atoms with Crippen molar-refractivity contribution in [3.05, 3.63) is 59.2 Å². The van der Waals surface area contributed by atoms with Gasteiger partial charge in [0.15, 0.2) is 6.61 Å². The molecule has 3 rings (SSSR count). The normalized spacial score (nSPS) is 15.5. The molecular formula is C21H26N2O4S. The van der Waals surface area contributed by atoms with E-state index in [1.165, 1.54) is 9.87 Å². The van der Waals surface area contributed by atoms with Crippen LogP contribution in [0.25, 0.3) is 0 Å². The van der Waals surface area contributed by atoms with Gasteiger partial charge in [0.25, 0.3) is 5.91 Å². The van der Waals surface area contributed by atoms with Crippen LogP contribution in [0.4, 0.5) is 0 Å². The maximum Gasteiger partial charge on any atom is 0.260 e. The molecule has 0 radical (unpaired) electrons. The fourth-order valence-electron chi connectivity index (χ4n) is 3.08. The lowest BCUT2D eigenvalue weighted by Crippen LogP contribution is -2.51. The monoisotopic (exact) mass is 402 g/mol. The summed E-state index contributed by atoms with van der Waals surface area (Å²) in [5.74, 6) is 0.530. The standard InChI is InChI=1S/C21H26N2O4S/c1-16-4-8-20(9-5-16)28(25,26)23-12-10-22(11-13-23)21(24)15-27-19-7-6-17(2)18(3)14-19/h4-9,14H,10-13,15H2,1-3H3. The van der Waals surface area contributed by atoms with Gasteiger partial charge >= 0.3 is 0 Å². The Labute approximate surface area is 166 Å². The van der Waals surface area contributed by atoms with Gasteiger partial charge in [0, 0.05) is 26.2 Å². The third-order valence-corrected chi connectivity index (χ3v) is 7.00. The van der Waals surface area contributed by atoms with Gasteiger partial charge in [-0.1, -0.05) is 23.8 Å². The topological polar surface area (TPSA) is 66.9 Å². The van der Waals surface area contributed by atoms with Crippen molar-refractivity contribution < 1.29 is 17.9 Å². The van der Waals surface area contributed by atoms with E-state index in [9.17, 15) is 13.2 Å². The second-order valence-corrected chi connectivity index (χ2v) is 9.07. The number of sulfonamides is 1. The Bertz CT molecular complexity index is 947. The zero-order valence-corrected chi connectivity index (χ0v) is 17.3. The summed E-state index contributed by atoms with van der Waals surface area (Å²) in [6, 6.07) is 12.5. The van der Waals surface area contributed by atoms with Crippen LogP contribution in [0, 0.1) is 20.8 Å². The molecule has 1 saturated heterocycles. The summed E-state index contributed by atoms with van der Waals surface area (Å²) >= 11 is 0. The number of benzene rings is 2. The van der Waals surface area contributed by atoms with E-state index in [4.69, 9.17) is 4.74 Å². The van der Waals surface area contributed by atoms with Crippen molar-refractivity contribution in [2.24, 2.45) is 0 Å². The molecule has 7 heteroatoms. The van der Waals surface area contributed by atoms with Gasteiger partial charge in [0.2, 0.25) is 10.0 Å². The number of rotatable bonds is 5. The highest BCUT2D eigenvalue weighted by atomic mass is 32.2. The molecule has 1 fully saturated rings. The van der Waals surface area contributed by atoms with E-state index in [2.05, 4.69) is 0 Å². The number of hydrogen-bond acceptors (Lipinski definition) is 4. The number of carbonyl (C=O) groups excluding carboxylic acids is 1. The summed E-state index contributed by atoms with van der Waals surface area (Å²) < 4.78 is 32.5. The van der Waals surface area contributed by atoms with Crippen molar-refractivity contribution in [2.45, 2.75) is 25.7 Å². The van der Waals surface area contributed by atoms with Crippen molar-refractivity contribution in [1.29, 1.82) is 0 Å². The van der Waals surface area contributed by atoms with Crippen molar-refractivity contribution in [1.82, 2.24) is 9.21 Å². The molecule has 0 aromatic heterocycles. The molecular weight excluding hydrogens is 376 g/mol. The van der Waals surface area contributed by atoms with E-state index in [1.54, 1.807) is 29.2 Å². The molecule has 1 heterocycles. The van der Waals surface area contributed by atoms with Gasteiger partial charge in [0.1, 0.15) is 5.75 Å². The molecule has 1 aliphatic heterocycles. The minimum Gasteiger partial charge on any atom is -0.484 e. The number of aryl methyl sites for hydroxylation is 3. The summed E-state index contributed by atoms with van der Waals surface area (Å²) in [5, 5.41) is 0. The fourth-order valence-corrected chi connectivity index (χ4v) is 4.50. The Morgan fingerprint density at radius 1 is 0.929 bits per heavy atom. The number of nitrogens with zero attached hydrogens (tertiary/aromatic N) is 2. The summed E-state index contributed by atoms with van der Waals surface area (Å²) in [7, 11) is -3.53. The second-order valence-electron chi connectivity index (χ2n) is 7.13. The highest BCUT2D eigenvalue weighted by Crippen LogP contribution is 2.19. The largest absolute Gasteiger partial charge is 0.484 e. The predicted molar refractivity (Wildman–Crippen MR) is 108 cm³/mol. The number of piperazine rings is 1. The van der Waals surface area contributed by atoms with Crippen LogP contribution < -0.4 is 4.74 Å². The Morgan fingerprint density at radius 3 is 2.18 bits per heavy atom. The van der Waals surface area contributed by atoms with Crippen LogP contribution in [0.3, 0.4) is 0 Å². The minimum atomic E-state index is -3.53. The predicted octanol–water partition coefficient (Wildman–Crippen LogP) is 2.52. The Balaban J connectivity index is 1.55. The minimum absolute atomic E-state index is 0.0484. The molecule has 28 heavy (non-hydrogen) atoms. The van der Waals surface area contributed by atoms with Gasteiger partial charge in [-0.2, -0.15) is 4.31 Å². The second kappa shape index (κ2) is 8.32. The molecule has 0 atom stereocenters. The van der Waals surface area contributed by atoms with E-state index in [0.29, 0.717) is 18.8 Å². The van der Waals surface area contributed by atoms with Crippen molar-refractivity contribution in [3.63, 3.8) is 0 Å². The molecule has 2 aromatic rings. The molecule has 1 aliphatic rings. The van der Waals surface area contributed by atoms with E-state index in [-0.39, 0.29) is 30.5 Å². The van der Waals surface area contributed by atoms with Crippen molar-refractivity contribution in [3.8, 4) is 5.75 Å². The zero-order chi connectivity index (χ0) is 20.3. The molecule has 6 nitrogen and oxygen atoms in total. The van der Waals surface area contributed by atoms with Gasteiger partial charge in [-0.25, -0.2) is 8.42 Å². The first-order chi connectivity index (χ1) is 13.3. The Hall–Kier alpha value is -2.38. The molecule has 0 bridgehead atoms. The van der Waals surface area contributed by atoms with Crippen molar-refractivity contribution in [2.75, 3.05) is 32.8 Å². The smallest absolute Gasteiger partial charge is 0.260 e. The number of hydrogen-bond donors (Lipinski definition) is 0. The highest BCUT2D eigenvalue weighted by Gasteiger charge is 2.30. The third-order valence-electron chi connectivity index (χ3n) is 5.09. The summed E-state index contributed by atoms with van der Waals surface area (Å²) in [6.07, 6.45) is 0. The lowest BCUT2D eigenvalue weighted by molar-refractivity contribution is -0.134. The van der Waals surface area contributed by atoms with E-state index < -0.39 is 10.0 Å². The van der Waals surface area contributed by atoms with Gasteiger partial charge < -0.3 is 9.64 Å². The maximum absolute atomic E-state index is 12.7. The van der Waals surface area contributed by atoms with E-state index >= 15 is 0 Å². The van der Waals surface area contributed by atoms with Crippen LogP contribution in [0.15, 0.2) is 47.4 Å². The van der Waals surface area contributed by atoms with Gasteiger partial charge in [-0.05, 0) is 56.2 Å². The number of ether oxygens (including phenoxy) is 1. The molecule has 0 saturated carbocycles. The quantitative estimate of drug-likeness (QED) is 0.771. The molecule has 0 N–H and O–H groups in total. The Kier molecular flexibility index (Phi) is 6.05. The van der Waals surface area contributed by atoms with Crippen LogP contribution in [0.5, 0.6) is 5.75 Å². The third kappa shape index (κ3) is 4.54. The molecule has 0 unspecified atom stereocenters. The van der Waals surface area contributed by atoms with E-state index in [1.807, 2.05) is 39.0 Å². The Morgan fingerprint density at radius 2 is 1.57 bits per heavy atom. The van der Waals surface area contributed by atoms with Crippen molar-refractivity contribution >= 4 is 15.9 Å². The summed E-state index contributed by atoms with van der Waals surface area (Å²) in [4.78, 5) is 14.4. The molecule has 0 spiro atoms. The summed E-state index contributed by atoms with van der Waals surface area (Å²) in [5.41, 5.74) is 3.29. The first-order valence-corrected chi connectivity index (χ1v) is 10.8. The fraction of sp³-hybridized carbons (Fsp3) is 0.381.